The van der Waals surface area contributed by atoms with Gasteiger partial charge in [-0.3, -0.25) is 18.7 Å². The zero-order valence-corrected chi connectivity index (χ0v) is 24.7. The van der Waals surface area contributed by atoms with E-state index in [1.165, 1.54) is 25.1 Å². The minimum absolute atomic E-state index is 0.0106. The van der Waals surface area contributed by atoms with Crippen molar-refractivity contribution < 1.29 is 36.6 Å². The first-order valence-electron chi connectivity index (χ1n) is 14.2. The van der Waals surface area contributed by atoms with E-state index >= 15 is 4.39 Å². The van der Waals surface area contributed by atoms with E-state index in [2.05, 4.69) is 0 Å². The second-order valence-corrected chi connectivity index (χ2v) is 11.1. The largest absolute Gasteiger partial charge is 0.490 e. The van der Waals surface area contributed by atoms with E-state index in [0.29, 0.717) is 31.7 Å². The van der Waals surface area contributed by atoms with Crippen molar-refractivity contribution in [2.75, 3.05) is 6.61 Å². The van der Waals surface area contributed by atoms with E-state index in [4.69, 9.17) is 15.6 Å². The molecule has 44 heavy (non-hydrogen) atoms. The molecule has 240 valence electrons. The van der Waals surface area contributed by atoms with Crippen LogP contribution in [0.15, 0.2) is 46.0 Å². The highest BCUT2D eigenvalue weighted by molar-refractivity contribution is 5.67. The second-order valence-electron chi connectivity index (χ2n) is 11.1. The van der Waals surface area contributed by atoms with E-state index in [1.807, 2.05) is 13.8 Å². The van der Waals surface area contributed by atoms with Gasteiger partial charge in [0.2, 0.25) is 0 Å². The number of carboxylic acid groups (broad SMARTS) is 1. The minimum Gasteiger partial charge on any atom is -0.490 e. The molecular formula is C31H36F5N3O5. The monoisotopic (exact) mass is 625 g/mol. The highest BCUT2D eigenvalue weighted by atomic mass is 19.4. The molecule has 0 aliphatic rings. The molecule has 0 aliphatic carbocycles. The van der Waals surface area contributed by atoms with Gasteiger partial charge in [0.1, 0.15) is 5.82 Å². The van der Waals surface area contributed by atoms with Gasteiger partial charge in [0.05, 0.1) is 24.3 Å². The second kappa shape index (κ2) is 14.7. The van der Waals surface area contributed by atoms with E-state index in [9.17, 15) is 31.9 Å². The Balaban J connectivity index is 2.15. The van der Waals surface area contributed by atoms with Gasteiger partial charge < -0.3 is 15.6 Å². The first kappa shape index (κ1) is 34.5. The summed E-state index contributed by atoms with van der Waals surface area (Å²) >= 11 is 0. The molecule has 0 fully saturated rings. The van der Waals surface area contributed by atoms with E-state index < -0.39 is 58.7 Å². The SMILES string of the molecule is Cc1c(-c2cccc(OCCCCCC(=O)O)c2F)c(=O)n(C[C@H](N)CC(C)C)c(=O)n1Cc1c(F)cccc1C(F)(F)F. The van der Waals surface area contributed by atoms with Crippen molar-refractivity contribution in [2.24, 2.45) is 11.7 Å². The number of carboxylic acids is 1. The molecule has 0 bridgehead atoms. The lowest BCUT2D eigenvalue weighted by molar-refractivity contribution is -0.138. The molecule has 0 radical (unpaired) electrons. The summed E-state index contributed by atoms with van der Waals surface area (Å²) in [5, 5.41) is 8.75. The third-order valence-electron chi connectivity index (χ3n) is 7.14. The van der Waals surface area contributed by atoms with Gasteiger partial charge >= 0.3 is 17.8 Å². The maximum atomic E-state index is 15.8. The number of hydrogen-bond acceptors (Lipinski definition) is 5. The van der Waals surface area contributed by atoms with Crippen molar-refractivity contribution in [3.63, 3.8) is 0 Å². The van der Waals surface area contributed by atoms with Crippen LogP contribution in [0.5, 0.6) is 5.75 Å². The lowest BCUT2D eigenvalue weighted by Gasteiger charge is -2.22. The number of unbranched alkanes of at least 4 members (excludes halogenated alkanes) is 2. The van der Waals surface area contributed by atoms with Crippen LogP contribution in [0.2, 0.25) is 0 Å². The number of aliphatic carboxylic acids is 1. The molecule has 3 rings (SSSR count). The first-order chi connectivity index (χ1) is 20.6. The molecule has 0 unspecified atom stereocenters. The van der Waals surface area contributed by atoms with Crippen LogP contribution < -0.4 is 21.7 Å². The summed E-state index contributed by atoms with van der Waals surface area (Å²) in [7, 11) is 0. The fourth-order valence-corrected chi connectivity index (χ4v) is 5.07. The van der Waals surface area contributed by atoms with Crippen LogP contribution in [0, 0.1) is 24.5 Å². The molecule has 0 aliphatic heterocycles. The molecule has 3 aromatic rings. The fourth-order valence-electron chi connectivity index (χ4n) is 5.07. The van der Waals surface area contributed by atoms with Crippen molar-refractivity contribution in [3.05, 3.63) is 85.7 Å². The van der Waals surface area contributed by atoms with Crippen LogP contribution in [0.3, 0.4) is 0 Å². The summed E-state index contributed by atoms with van der Waals surface area (Å²) in [5.41, 5.74) is 1.43. The number of ether oxygens (including phenoxy) is 1. The Morgan fingerprint density at radius 1 is 1.02 bits per heavy atom. The molecule has 0 saturated carbocycles. The van der Waals surface area contributed by atoms with Gasteiger partial charge in [0.15, 0.2) is 11.6 Å². The number of hydrogen-bond donors (Lipinski definition) is 2. The maximum Gasteiger partial charge on any atom is 0.416 e. The topological polar surface area (TPSA) is 117 Å². The van der Waals surface area contributed by atoms with E-state index in [1.54, 1.807) is 0 Å². The maximum absolute atomic E-state index is 15.8. The molecule has 0 spiro atoms. The molecule has 3 N–H and O–H groups in total. The number of nitrogens with two attached hydrogens (primary N) is 1. The molecular weight excluding hydrogens is 589 g/mol. The Morgan fingerprint density at radius 2 is 1.70 bits per heavy atom. The molecule has 1 aromatic heterocycles. The van der Waals surface area contributed by atoms with Crippen LogP contribution in [-0.4, -0.2) is 32.9 Å². The van der Waals surface area contributed by atoms with Crippen molar-refractivity contribution in [1.82, 2.24) is 9.13 Å². The summed E-state index contributed by atoms with van der Waals surface area (Å²) in [6.07, 6.45) is -3.16. The van der Waals surface area contributed by atoms with Crippen LogP contribution in [-0.2, 0) is 24.1 Å². The fraction of sp³-hybridized carbons (Fsp3) is 0.452. The van der Waals surface area contributed by atoms with Crippen LogP contribution in [0.1, 0.15) is 62.8 Å². The number of carbonyl (C=O) groups is 1. The summed E-state index contributed by atoms with van der Waals surface area (Å²) in [6, 6.07) is 5.76. The number of alkyl halides is 3. The quantitative estimate of drug-likeness (QED) is 0.175. The molecule has 2 aromatic carbocycles. The molecule has 0 saturated heterocycles. The number of benzene rings is 2. The van der Waals surface area contributed by atoms with Gasteiger partial charge in [-0.05, 0) is 56.7 Å². The first-order valence-corrected chi connectivity index (χ1v) is 14.2. The Bertz CT molecular complexity index is 1600. The third kappa shape index (κ3) is 8.34. The molecule has 1 heterocycles. The lowest BCUT2D eigenvalue weighted by atomic mass is 10.0. The van der Waals surface area contributed by atoms with Crippen molar-refractivity contribution in [2.45, 2.75) is 78.2 Å². The third-order valence-corrected chi connectivity index (χ3v) is 7.14. The van der Waals surface area contributed by atoms with Gasteiger partial charge in [-0.1, -0.05) is 32.0 Å². The summed E-state index contributed by atoms with van der Waals surface area (Å²) in [4.78, 5) is 38.1. The molecule has 0 amide bonds. The summed E-state index contributed by atoms with van der Waals surface area (Å²) in [5.74, 6) is -3.19. The van der Waals surface area contributed by atoms with E-state index in [0.717, 1.165) is 21.3 Å². The Hall–Kier alpha value is -4.00. The number of halogens is 5. The van der Waals surface area contributed by atoms with Crippen LogP contribution >= 0.6 is 0 Å². The lowest BCUT2D eigenvalue weighted by Crippen LogP contribution is -2.46. The number of nitrogens with zero attached hydrogens (tertiary/aromatic N) is 2. The van der Waals surface area contributed by atoms with Crippen molar-refractivity contribution >= 4 is 5.97 Å². The average molecular weight is 626 g/mol. The van der Waals surface area contributed by atoms with Gasteiger partial charge in [0, 0.05) is 35.8 Å². The summed E-state index contributed by atoms with van der Waals surface area (Å²) < 4.78 is 79.2. The summed E-state index contributed by atoms with van der Waals surface area (Å²) in [6.45, 7) is 3.91. The number of aromatic nitrogens is 2. The zero-order valence-electron chi connectivity index (χ0n) is 24.7. The Kier molecular flexibility index (Phi) is 11.5. The predicted molar refractivity (Wildman–Crippen MR) is 155 cm³/mol. The standard InChI is InChI=1S/C31H36F5N3O5/c1-18(2)15-20(37)16-39-29(42)27(21-9-7-12-25(28(21)33)44-14-6-4-5-13-26(40)41)19(3)38(30(39)43)17-22-23(31(34,35)36)10-8-11-24(22)32/h7-12,18,20H,4-6,13-17,37H2,1-3H3,(H,40,41)/t20-/m1/s1. The van der Waals surface area contributed by atoms with Crippen molar-refractivity contribution in [3.8, 4) is 16.9 Å². The van der Waals surface area contributed by atoms with Crippen molar-refractivity contribution in [1.29, 1.82) is 0 Å². The van der Waals surface area contributed by atoms with E-state index in [-0.39, 0.29) is 48.1 Å². The van der Waals surface area contributed by atoms with Crippen LogP contribution in [0.4, 0.5) is 22.0 Å². The highest BCUT2D eigenvalue weighted by Gasteiger charge is 2.35. The average Bonchev–Trinajstić information content (AvgIpc) is 2.92. The molecule has 13 heteroatoms. The van der Waals surface area contributed by atoms with Crippen LogP contribution in [0.25, 0.3) is 11.1 Å². The van der Waals surface area contributed by atoms with Gasteiger partial charge in [0.25, 0.3) is 5.56 Å². The number of rotatable bonds is 14. The van der Waals surface area contributed by atoms with Gasteiger partial charge in [-0.2, -0.15) is 13.2 Å². The molecule has 8 nitrogen and oxygen atoms in total. The zero-order chi connectivity index (χ0) is 32.8. The Labute approximate surface area is 250 Å². The minimum atomic E-state index is -4.93. The normalized spacial score (nSPS) is 12.5. The highest BCUT2D eigenvalue weighted by Crippen LogP contribution is 2.34. The molecule has 1 atom stereocenters. The Morgan fingerprint density at radius 3 is 2.34 bits per heavy atom. The van der Waals surface area contributed by atoms with Gasteiger partial charge in [-0.25, -0.2) is 13.6 Å². The predicted octanol–water partition coefficient (Wildman–Crippen LogP) is 5.73. The van der Waals surface area contributed by atoms with Gasteiger partial charge in [-0.15, -0.1) is 0 Å². The smallest absolute Gasteiger partial charge is 0.416 e.